The molecule has 2 aromatic rings. The van der Waals surface area contributed by atoms with Crippen LogP contribution in [0.5, 0.6) is 11.5 Å². The molecule has 0 aliphatic carbocycles. The predicted octanol–water partition coefficient (Wildman–Crippen LogP) is 2.37. The lowest BCUT2D eigenvalue weighted by Gasteiger charge is -2.29. The highest BCUT2D eigenvalue weighted by atomic mass is 16.5. The summed E-state index contributed by atoms with van der Waals surface area (Å²) in [5.74, 6) is -0.267. The van der Waals surface area contributed by atoms with Gasteiger partial charge in [0, 0.05) is 0 Å². The molecule has 1 amide bonds. The molecule has 6 heteroatoms. The number of nitrogens with zero attached hydrogens (tertiary/aromatic N) is 1. The zero-order valence-corrected chi connectivity index (χ0v) is 13.5. The molecule has 0 saturated carbocycles. The van der Waals surface area contributed by atoms with E-state index >= 15 is 0 Å². The molecular formula is C18H18N2O4. The quantitative estimate of drug-likeness (QED) is 0.514. The van der Waals surface area contributed by atoms with Crippen LogP contribution in [0.3, 0.4) is 0 Å². The molecule has 0 bridgehead atoms. The molecule has 0 atom stereocenters. The maximum Gasteiger partial charge on any atom is 0.331 e. The Kier molecular flexibility index (Phi) is 4.12. The first-order chi connectivity index (χ1) is 11.4. The van der Waals surface area contributed by atoms with E-state index in [2.05, 4.69) is 5.32 Å². The van der Waals surface area contributed by atoms with Gasteiger partial charge in [-0.3, -0.25) is 4.79 Å². The number of aromatic hydroxyl groups is 1. The monoisotopic (exact) mass is 326 g/mol. The number of ether oxygens (including phenoxy) is 1. The smallest absolute Gasteiger partial charge is 0.331 e. The van der Waals surface area contributed by atoms with Gasteiger partial charge in [-0.25, -0.2) is 4.79 Å². The maximum absolute atomic E-state index is 12.3. The predicted molar refractivity (Wildman–Crippen MR) is 90.5 cm³/mol. The normalized spacial score (nSPS) is 13.2. The molecule has 2 N–H and O–H groups in total. The summed E-state index contributed by atoms with van der Waals surface area (Å²) in [5, 5.41) is 12.5. The number of rotatable bonds is 3. The molecule has 0 aromatic heterocycles. The summed E-state index contributed by atoms with van der Waals surface area (Å²) in [7, 11) is 0. The van der Waals surface area contributed by atoms with Crippen LogP contribution in [0.15, 0.2) is 36.4 Å². The number of phenolic OH excluding ortho intramolecular Hbond substituents is 1. The molecule has 0 saturated heterocycles. The van der Waals surface area contributed by atoms with Crippen molar-refractivity contribution in [3.63, 3.8) is 0 Å². The van der Waals surface area contributed by atoms with E-state index in [9.17, 15) is 14.7 Å². The molecular weight excluding hydrogens is 308 g/mol. The summed E-state index contributed by atoms with van der Waals surface area (Å²) in [6.45, 7) is 3.76. The largest absolute Gasteiger partial charge is 0.506 e. The molecule has 1 heterocycles. The lowest BCUT2D eigenvalue weighted by molar-refractivity contribution is -0.133. The fraction of sp³-hybridized carbons (Fsp3) is 0.222. The van der Waals surface area contributed by atoms with Crippen molar-refractivity contribution in [2.75, 3.05) is 23.3 Å². The first-order valence-corrected chi connectivity index (χ1v) is 7.58. The zero-order valence-electron chi connectivity index (χ0n) is 13.5. The van der Waals surface area contributed by atoms with Gasteiger partial charge in [0.2, 0.25) is 5.91 Å². The molecule has 1 aliphatic rings. The summed E-state index contributed by atoms with van der Waals surface area (Å²) < 4.78 is 5.23. The Morgan fingerprint density at radius 3 is 2.71 bits per heavy atom. The third kappa shape index (κ3) is 3.32. The molecule has 0 spiro atoms. The van der Waals surface area contributed by atoms with Crippen molar-refractivity contribution in [1.29, 1.82) is 0 Å². The summed E-state index contributed by atoms with van der Waals surface area (Å²) in [5.41, 5.74) is 2.94. The number of aryl methyl sites for hydroxylation is 2. The van der Waals surface area contributed by atoms with Gasteiger partial charge < -0.3 is 20.1 Å². The van der Waals surface area contributed by atoms with Crippen molar-refractivity contribution in [3.8, 4) is 11.5 Å². The van der Waals surface area contributed by atoms with Crippen LogP contribution < -0.4 is 15.0 Å². The van der Waals surface area contributed by atoms with Crippen molar-refractivity contribution in [1.82, 2.24) is 0 Å². The van der Waals surface area contributed by atoms with E-state index in [1.807, 2.05) is 26.0 Å². The third-order valence-electron chi connectivity index (χ3n) is 3.76. The first-order valence-electron chi connectivity index (χ1n) is 7.58. The average Bonchev–Trinajstić information content (AvgIpc) is 2.50. The van der Waals surface area contributed by atoms with Gasteiger partial charge in [0.05, 0.1) is 17.9 Å². The lowest BCUT2D eigenvalue weighted by atomic mass is 10.1. The van der Waals surface area contributed by atoms with E-state index in [-0.39, 0.29) is 24.7 Å². The Morgan fingerprint density at radius 1 is 1.21 bits per heavy atom. The third-order valence-corrected chi connectivity index (χ3v) is 3.76. The van der Waals surface area contributed by atoms with Crippen molar-refractivity contribution in [2.24, 2.45) is 0 Å². The van der Waals surface area contributed by atoms with Crippen LogP contribution in [-0.4, -0.2) is 30.1 Å². The second-order valence-corrected chi connectivity index (χ2v) is 5.87. The minimum Gasteiger partial charge on any atom is -0.506 e. The molecule has 24 heavy (non-hydrogen) atoms. The Hall–Kier alpha value is -3.02. The van der Waals surface area contributed by atoms with Gasteiger partial charge in [0.15, 0.2) is 5.75 Å². The van der Waals surface area contributed by atoms with Crippen molar-refractivity contribution < 1.29 is 19.4 Å². The van der Waals surface area contributed by atoms with Crippen LogP contribution in [0, 0.1) is 13.8 Å². The van der Waals surface area contributed by atoms with Gasteiger partial charge in [-0.2, -0.15) is 0 Å². The van der Waals surface area contributed by atoms with Crippen LogP contribution in [0.1, 0.15) is 11.1 Å². The van der Waals surface area contributed by atoms with E-state index in [0.717, 1.165) is 11.1 Å². The van der Waals surface area contributed by atoms with Crippen LogP contribution in [0.25, 0.3) is 0 Å². The SMILES string of the molecule is Cc1ccc(O)c(NC(=O)CN2CC(=O)Oc3cc(C)ccc32)c1. The maximum atomic E-state index is 12.3. The number of hydrogen-bond donors (Lipinski definition) is 2. The molecule has 0 unspecified atom stereocenters. The Balaban J connectivity index is 1.77. The van der Waals surface area contributed by atoms with E-state index in [1.165, 1.54) is 6.07 Å². The molecule has 0 fully saturated rings. The summed E-state index contributed by atoms with van der Waals surface area (Å²) in [6, 6.07) is 10.5. The number of anilines is 2. The zero-order chi connectivity index (χ0) is 17.3. The number of fused-ring (bicyclic) bond motifs is 1. The Bertz CT molecular complexity index is 817. The first kappa shape index (κ1) is 15.9. The van der Waals surface area contributed by atoms with Crippen LogP contribution in [0.4, 0.5) is 11.4 Å². The van der Waals surface area contributed by atoms with Gasteiger partial charge >= 0.3 is 5.97 Å². The van der Waals surface area contributed by atoms with Crippen molar-refractivity contribution >= 4 is 23.3 Å². The minimum atomic E-state index is -0.403. The summed E-state index contributed by atoms with van der Waals surface area (Å²) in [4.78, 5) is 25.7. The summed E-state index contributed by atoms with van der Waals surface area (Å²) >= 11 is 0. The molecule has 2 aromatic carbocycles. The molecule has 1 aliphatic heterocycles. The second-order valence-electron chi connectivity index (χ2n) is 5.87. The standard InChI is InChI=1S/C18H18N2O4/c1-11-4-6-15(21)13(7-11)19-17(22)9-20-10-18(23)24-16-8-12(2)3-5-14(16)20/h3-8,21H,9-10H2,1-2H3,(H,19,22). The van der Waals surface area contributed by atoms with Crippen LogP contribution >= 0.6 is 0 Å². The minimum absolute atomic E-state index is 0.00280. The van der Waals surface area contributed by atoms with Crippen LogP contribution in [-0.2, 0) is 9.59 Å². The number of benzene rings is 2. The van der Waals surface area contributed by atoms with Gasteiger partial charge in [-0.15, -0.1) is 0 Å². The number of carbonyl (C=O) groups excluding carboxylic acids is 2. The Labute approximate surface area is 139 Å². The van der Waals surface area contributed by atoms with Gasteiger partial charge in [0.1, 0.15) is 12.3 Å². The number of carbonyl (C=O) groups is 2. The highest BCUT2D eigenvalue weighted by molar-refractivity contribution is 5.97. The fourth-order valence-electron chi connectivity index (χ4n) is 2.61. The topological polar surface area (TPSA) is 78.9 Å². The highest BCUT2D eigenvalue weighted by Gasteiger charge is 2.25. The molecule has 124 valence electrons. The number of nitrogens with one attached hydrogen (secondary N) is 1. The number of hydrogen-bond acceptors (Lipinski definition) is 5. The second kappa shape index (κ2) is 6.23. The van der Waals surface area contributed by atoms with E-state index in [1.54, 1.807) is 23.1 Å². The molecule has 3 rings (SSSR count). The van der Waals surface area contributed by atoms with Gasteiger partial charge in [-0.1, -0.05) is 12.1 Å². The van der Waals surface area contributed by atoms with Gasteiger partial charge in [0.25, 0.3) is 0 Å². The number of esters is 1. The molecule has 6 nitrogen and oxygen atoms in total. The lowest BCUT2D eigenvalue weighted by Crippen LogP contribution is -2.41. The average molecular weight is 326 g/mol. The molecule has 0 radical (unpaired) electrons. The van der Waals surface area contributed by atoms with E-state index in [0.29, 0.717) is 17.1 Å². The fourth-order valence-corrected chi connectivity index (χ4v) is 2.61. The van der Waals surface area contributed by atoms with E-state index in [4.69, 9.17) is 4.74 Å². The van der Waals surface area contributed by atoms with Crippen LogP contribution in [0.2, 0.25) is 0 Å². The van der Waals surface area contributed by atoms with Crippen molar-refractivity contribution in [2.45, 2.75) is 13.8 Å². The Morgan fingerprint density at radius 2 is 1.92 bits per heavy atom. The van der Waals surface area contributed by atoms with Gasteiger partial charge in [-0.05, 0) is 49.2 Å². The highest BCUT2D eigenvalue weighted by Crippen LogP contribution is 2.32. The van der Waals surface area contributed by atoms with E-state index < -0.39 is 5.97 Å². The number of amides is 1. The van der Waals surface area contributed by atoms with Crippen molar-refractivity contribution in [3.05, 3.63) is 47.5 Å². The number of phenols is 1. The summed E-state index contributed by atoms with van der Waals surface area (Å²) in [6.07, 6.45) is 0.